The van der Waals surface area contributed by atoms with E-state index in [1.165, 1.54) is 19.3 Å². The van der Waals surface area contributed by atoms with E-state index in [-0.39, 0.29) is 5.54 Å². The molecule has 150 valence electrons. The van der Waals surface area contributed by atoms with Crippen LogP contribution in [0.3, 0.4) is 0 Å². The summed E-state index contributed by atoms with van der Waals surface area (Å²) in [7, 11) is 0. The first-order valence-electron chi connectivity index (χ1n) is 9.94. The van der Waals surface area contributed by atoms with Crippen molar-refractivity contribution in [2.75, 3.05) is 6.61 Å². The van der Waals surface area contributed by atoms with Crippen molar-refractivity contribution in [3.8, 4) is 0 Å². The van der Waals surface area contributed by atoms with Gasteiger partial charge >= 0.3 is 12.0 Å². The van der Waals surface area contributed by atoms with Crippen molar-refractivity contribution in [2.24, 2.45) is 17.8 Å². The highest BCUT2D eigenvalue weighted by Crippen LogP contribution is 2.55. The predicted molar refractivity (Wildman–Crippen MR) is 99.9 cm³/mol. The van der Waals surface area contributed by atoms with Gasteiger partial charge in [-0.05, 0) is 61.8 Å². The zero-order valence-corrected chi connectivity index (χ0v) is 15.7. The summed E-state index contributed by atoms with van der Waals surface area (Å²) in [6, 6.07) is 7.78. The first-order valence-corrected chi connectivity index (χ1v) is 9.94. The molecule has 0 unspecified atom stereocenters. The normalized spacial score (nSPS) is 31.1. The van der Waals surface area contributed by atoms with E-state index in [4.69, 9.17) is 4.74 Å². The molecular formula is C21H26N2O5. The molecule has 0 radical (unpaired) electrons. The second-order valence-electron chi connectivity index (χ2n) is 8.62. The number of hydrogen-bond donors (Lipinski definition) is 3. The third-order valence-corrected chi connectivity index (χ3v) is 6.35. The van der Waals surface area contributed by atoms with Crippen LogP contribution in [0.2, 0.25) is 0 Å². The number of aliphatic hydroxyl groups excluding tert-OH is 1. The van der Waals surface area contributed by atoms with Crippen LogP contribution in [0.25, 0.3) is 0 Å². The van der Waals surface area contributed by atoms with E-state index < -0.39 is 30.6 Å². The Balaban J connectivity index is 1.24. The Morgan fingerprint density at radius 2 is 1.61 bits per heavy atom. The number of rotatable bonds is 5. The van der Waals surface area contributed by atoms with Crippen LogP contribution in [-0.4, -0.2) is 35.2 Å². The Labute approximate surface area is 163 Å². The van der Waals surface area contributed by atoms with Gasteiger partial charge in [-0.25, -0.2) is 9.59 Å². The molecule has 4 saturated carbocycles. The summed E-state index contributed by atoms with van der Waals surface area (Å²) in [5, 5.41) is 15.2. The molecule has 7 nitrogen and oxygen atoms in total. The molecule has 28 heavy (non-hydrogen) atoms. The average Bonchev–Trinajstić information content (AvgIpc) is 2.64. The molecule has 1 aromatic rings. The molecule has 0 spiro atoms. The van der Waals surface area contributed by atoms with Gasteiger partial charge < -0.3 is 15.2 Å². The average molecular weight is 386 g/mol. The molecule has 4 bridgehead atoms. The molecule has 0 aliphatic heterocycles. The molecular weight excluding hydrogens is 360 g/mol. The van der Waals surface area contributed by atoms with Crippen LogP contribution >= 0.6 is 0 Å². The van der Waals surface area contributed by atoms with Crippen LogP contribution in [0.1, 0.15) is 50.2 Å². The number of amides is 3. The van der Waals surface area contributed by atoms with Crippen LogP contribution in [0.4, 0.5) is 4.79 Å². The molecule has 4 fully saturated rings. The van der Waals surface area contributed by atoms with Crippen LogP contribution in [0, 0.1) is 17.8 Å². The Hall–Kier alpha value is -2.41. The summed E-state index contributed by atoms with van der Waals surface area (Å²) in [4.78, 5) is 36.2. The number of hydrogen-bond acceptors (Lipinski definition) is 5. The van der Waals surface area contributed by atoms with Gasteiger partial charge in [0.2, 0.25) is 0 Å². The van der Waals surface area contributed by atoms with Crippen molar-refractivity contribution in [3.63, 3.8) is 0 Å². The highest BCUT2D eigenvalue weighted by atomic mass is 16.5. The second kappa shape index (κ2) is 7.54. The van der Waals surface area contributed by atoms with E-state index in [9.17, 15) is 19.5 Å². The molecule has 3 N–H and O–H groups in total. The summed E-state index contributed by atoms with van der Waals surface area (Å²) in [5.74, 6) is 0.409. The third kappa shape index (κ3) is 4.04. The zero-order valence-electron chi connectivity index (χ0n) is 15.7. The van der Waals surface area contributed by atoms with Gasteiger partial charge in [-0.15, -0.1) is 0 Å². The second-order valence-corrected chi connectivity index (χ2v) is 8.62. The lowest BCUT2D eigenvalue weighted by molar-refractivity contribution is -0.157. The largest absolute Gasteiger partial charge is 0.453 e. The minimum Gasteiger partial charge on any atom is -0.453 e. The third-order valence-electron chi connectivity index (χ3n) is 6.35. The van der Waals surface area contributed by atoms with Gasteiger partial charge in [-0.3, -0.25) is 10.1 Å². The Morgan fingerprint density at radius 3 is 2.18 bits per heavy atom. The van der Waals surface area contributed by atoms with Crippen LogP contribution in [0.5, 0.6) is 0 Å². The van der Waals surface area contributed by atoms with Gasteiger partial charge in [0.15, 0.2) is 12.7 Å². The summed E-state index contributed by atoms with van der Waals surface area (Å²) < 4.78 is 4.83. The number of carbonyl (C=O) groups excluding carboxylic acids is 3. The number of aliphatic hydroxyl groups is 1. The molecule has 0 heterocycles. The minimum atomic E-state index is -1.46. The Kier molecular flexibility index (Phi) is 5.10. The first kappa shape index (κ1) is 18.9. The number of esters is 1. The van der Waals surface area contributed by atoms with E-state index in [0.717, 1.165) is 19.3 Å². The quantitative estimate of drug-likeness (QED) is 0.672. The molecule has 4 aliphatic rings. The molecule has 7 heteroatoms. The van der Waals surface area contributed by atoms with Crippen molar-refractivity contribution in [2.45, 2.75) is 50.2 Å². The van der Waals surface area contributed by atoms with E-state index in [1.54, 1.807) is 30.3 Å². The molecule has 4 aliphatic carbocycles. The molecule has 0 saturated heterocycles. The SMILES string of the molecule is O=C(COC(=O)[C@H](O)c1ccccc1)NC(=O)NC12CC3CC(CC(C3)C1)C2. The number of ether oxygens (including phenoxy) is 1. The lowest BCUT2D eigenvalue weighted by Gasteiger charge is -2.56. The van der Waals surface area contributed by atoms with Crippen LogP contribution < -0.4 is 10.6 Å². The van der Waals surface area contributed by atoms with E-state index >= 15 is 0 Å². The fourth-order valence-corrected chi connectivity index (χ4v) is 5.69. The van der Waals surface area contributed by atoms with E-state index in [0.29, 0.717) is 23.3 Å². The van der Waals surface area contributed by atoms with Gasteiger partial charge in [-0.1, -0.05) is 30.3 Å². The molecule has 3 amide bonds. The van der Waals surface area contributed by atoms with E-state index in [1.807, 2.05) is 0 Å². The number of benzene rings is 1. The lowest BCUT2D eigenvalue weighted by atomic mass is 9.53. The van der Waals surface area contributed by atoms with Gasteiger partial charge in [-0.2, -0.15) is 0 Å². The molecule has 0 aromatic heterocycles. The zero-order chi connectivity index (χ0) is 19.7. The predicted octanol–water partition coefficient (Wildman–Crippen LogP) is 2.06. The van der Waals surface area contributed by atoms with Crippen molar-refractivity contribution in [1.29, 1.82) is 0 Å². The fourth-order valence-electron chi connectivity index (χ4n) is 5.69. The van der Waals surface area contributed by atoms with Crippen molar-refractivity contribution >= 4 is 17.9 Å². The summed E-state index contributed by atoms with van der Waals surface area (Å²) in [5.41, 5.74) is 0.187. The summed E-state index contributed by atoms with van der Waals surface area (Å²) in [6.07, 6.45) is 5.29. The van der Waals surface area contributed by atoms with Crippen molar-refractivity contribution < 1.29 is 24.2 Å². The maximum atomic E-state index is 12.3. The topological polar surface area (TPSA) is 105 Å². The van der Waals surface area contributed by atoms with Gasteiger partial charge in [0.1, 0.15) is 0 Å². The summed E-state index contributed by atoms with van der Waals surface area (Å²) >= 11 is 0. The molecule has 1 atom stereocenters. The standard InChI is InChI=1S/C21H26N2O5/c24-17(12-28-19(26)18(25)16-4-2-1-3-5-16)22-20(27)23-21-9-13-6-14(10-21)8-15(7-13)11-21/h1-5,13-15,18,25H,6-12H2,(H2,22,23,24,27)/t13?,14?,15?,18-,21?/m1/s1. The van der Waals surface area contributed by atoms with E-state index in [2.05, 4.69) is 10.6 Å². The van der Waals surface area contributed by atoms with Crippen molar-refractivity contribution in [1.82, 2.24) is 10.6 Å². The summed E-state index contributed by atoms with van der Waals surface area (Å²) in [6.45, 7) is -0.614. The molecule has 1 aromatic carbocycles. The highest BCUT2D eigenvalue weighted by molar-refractivity contribution is 5.96. The fraction of sp³-hybridized carbons (Fsp3) is 0.571. The first-order chi connectivity index (χ1) is 13.4. The van der Waals surface area contributed by atoms with Crippen LogP contribution in [-0.2, 0) is 14.3 Å². The monoisotopic (exact) mass is 386 g/mol. The lowest BCUT2D eigenvalue weighted by Crippen LogP contribution is -2.62. The maximum Gasteiger partial charge on any atom is 0.340 e. The molecule has 5 rings (SSSR count). The Bertz CT molecular complexity index is 728. The number of urea groups is 1. The van der Waals surface area contributed by atoms with Crippen LogP contribution in [0.15, 0.2) is 30.3 Å². The van der Waals surface area contributed by atoms with Gasteiger partial charge in [0.05, 0.1) is 0 Å². The maximum absolute atomic E-state index is 12.3. The number of carbonyl (C=O) groups is 3. The smallest absolute Gasteiger partial charge is 0.340 e. The van der Waals surface area contributed by atoms with Gasteiger partial charge in [0.25, 0.3) is 5.91 Å². The Morgan fingerprint density at radius 1 is 1.04 bits per heavy atom. The number of imide groups is 1. The van der Waals surface area contributed by atoms with Crippen molar-refractivity contribution in [3.05, 3.63) is 35.9 Å². The van der Waals surface area contributed by atoms with Gasteiger partial charge in [0, 0.05) is 5.54 Å². The number of nitrogens with one attached hydrogen (secondary N) is 2. The highest BCUT2D eigenvalue weighted by Gasteiger charge is 2.51. The minimum absolute atomic E-state index is 0.195.